The highest BCUT2D eigenvalue weighted by molar-refractivity contribution is 5.92. The molecular weight excluding hydrogens is 262 g/mol. The summed E-state index contributed by atoms with van der Waals surface area (Å²) < 4.78 is 0. The van der Waals surface area contributed by atoms with Gasteiger partial charge in [0, 0.05) is 30.4 Å². The van der Waals surface area contributed by atoms with E-state index in [4.69, 9.17) is 5.73 Å². The van der Waals surface area contributed by atoms with Crippen molar-refractivity contribution in [2.45, 2.75) is 13.1 Å². The molecule has 4 N–H and O–H groups in total. The molecule has 1 amide bonds. The zero-order valence-electron chi connectivity index (χ0n) is 11.6. The summed E-state index contributed by atoms with van der Waals surface area (Å²) in [5.41, 5.74) is 9.24. The zero-order chi connectivity index (χ0) is 14.7. The van der Waals surface area contributed by atoms with E-state index in [1.165, 1.54) is 10.9 Å². The van der Waals surface area contributed by atoms with Gasteiger partial charge in [-0.25, -0.2) is 0 Å². The van der Waals surface area contributed by atoms with Crippen molar-refractivity contribution in [3.63, 3.8) is 0 Å². The minimum Gasteiger partial charge on any atom is -0.366 e. The number of primary amides is 1. The number of aromatic amines is 1. The predicted octanol–water partition coefficient (Wildman–Crippen LogP) is 2.56. The second-order valence-electron chi connectivity index (χ2n) is 5.07. The molecule has 0 atom stereocenters. The fourth-order valence-corrected chi connectivity index (χ4v) is 2.39. The maximum absolute atomic E-state index is 11.1. The lowest BCUT2D eigenvalue weighted by atomic mass is 10.1. The molecule has 21 heavy (non-hydrogen) atoms. The summed E-state index contributed by atoms with van der Waals surface area (Å²) in [4.78, 5) is 14.4. The van der Waals surface area contributed by atoms with Crippen LogP contribution < -0.4 is 11.1 Å². The standard InChI is InChI=1S/C17H17N3O/c18-17(21)15-3-1-2-12(8-15)10-19-11-13-4-5-14-6-7-20-16(14)9-13/h1-9,19-20H,10-11H2,(H2,18,21). The van der Waals surface area contributed by atoms with Crippen LogP contribution in [0, 0.1) is 0 Å². The molecule has 0 aliphatic rings. The molecule has 0 radical (unpaired) electrons. The number of hydrogen-bond donors (Lipinski definition) is 3. The van der Waals surface area contributed by atoms with Crippen molar-refractivity contribution in [2.75, 3.05) is 0 Å². The van der Waals surface area contributed by atoms with E-state index in [0.717, 1.165) is 17.6 Å². The number of H-pyrrole nitrogens is 1. The van der Waals surface area contributed by atoms with Gasteiger partial charge in [0.2, 0.25) is 5.91 Å². The summed E-state index contributed by atoms with van der Waals surface area (Å²) in [6.07, 6.45) is 1.94. The van der Waals surface area contributed by atoms with Crippen molar-refractivity contribution < 1.29 is 4.79 Å². The molecule has 0 bridgehead atoms. The summed E-state index contributed by atoms with van der Waals surface area (Å²) in [6, 6.07) is 15.8. The predicted molar refractivity (Wildman–Crippen MR) is 83.8 cm³/mol. The molecule has 106 valence electrons. The SMILES string of the molecule is NC(=O)c1cccc(CNCc2ccc3cc[nH]c3c2)c1. The number of rotatable bonds is 5. The minimum atomic E-state index is -0.394. The quantitative estimate of drug-likeness (QED) is 0.671. The fourth-order valence-electron chi connectivity index (χ4n) is 2.39. The van der Waals surface area contributed by atoms with Gasteiger partial charge in [-0.05, 0) is 40.8 Å². The monoisotopic (exact) mass is 279 g/mol. The van der Waals surface area contributed by atoms with E-state index in [2.05, 4.69) is 34.6 Å². The van der Waals surface area contributed by atoms with E-state index in [-0.39, 0.29) is 0 Å². The summed E-state index contributed by atoms with van der Waals surface area (Å²) in [7, 11) is 0. The van der Waals surface area contributed by atoms with E-state index in [1.807, 2.05) is 24.4 Å². The molecule has 0 spiro atoms. The van der Waals surface area contributed by atoms with Crippen LogP contribution in [0.3, 0.4) is 0 Å². The number of benzene rings is 2. The molecular formula is C17H17N3O. The molecule has 0 saturated heterocycles. The van der Waals surface area contributed by atoms with Crippen molar-refractivity contribution in [3.8, 4) is 0 Å². The number of aromatic nitrogens is 1. The highest BCUT2D eigenvalue weighted by Crippen LogP contribution is 2.14. The fraction of sp³-hybridized carbons (Fsp3) is 0.118. The summed E-state index contributed by atoms with van der Waals surface area (Å²) in [5.74, 6) is -0.394. The van der Waals surface area contributed by atoms with E-state index >= 15 is 0 Å². The second-order valence-corrected chi connectivity index (χ2v) is 5.07. The molecule has 3 aromatic rings. The lowest BCUT2D eigenvalue weighted by molar-refractivity contribution is 0.1000. The van der Waals surface area contributed by atoms with Gasteiger partial charge >= 0.3 is 0 Å². The van der Waals surface area contributed by atoms with Gasteiger partial charge in [-0.1, -0.05) is 24.3 Å². The summed E-state index contributed by atoms with van der Waals surface area (Å²) >= 11 is 0. The Balaban J connectivity index is 1.62. The average molecular weight is 279 g/mol. The Bertz CT molecular complexity index is 776. The Labute approximate surface area is 123 Å². The van der Waals surface area contributed by atoms with E-state index in [1.54, 1.807) is 6.07 Å². The normalized spacial score (nSPS) is 10.9. The van der Waals surface area contributed by atoms with Gasteiger partial charge in [-0.2, -0.15) is 0 Å². The molecule has 1 heterocycles. The van der Waals surface area contributed by atoms with Gasteiger partial charge in [0.25, 0.3) is 0 Å². The van der Waals surface area contributed by atoms with Gasteiger partial charge in [0.05, 0.1) is 0 Å². The number of hydrogen-bond acceptors (Lipinski definition) is 2. The molecule has 0 aliphatic heterocycles. The first kappa shape index (κ1) is 13.4. The lowest BCUT2D eigenvalue weighted by Crippen LogP contribution is -2.14. The number of nitrogens with one attached hydrogen (secondary N) is 2. The summed E-state index contributed by atoms with van der Waals surface area (Å²) in [5, 5.41) is 4.59. The van der Waals surface area contributed by atoms with Crippen LogP contribution in [0.15, 0.2) is 54.7 Å². The van der Waals surface area contributed by atoms with Crippen LogP contribution in [0.4, 0.5) is 0 Å². The Kier molecular flexibility index (Phi) is 3.71. The zero-order valence-corrected chi connectivity index (χ0v) is 11.6. The number of fused-ring (bicyclic) bond motifs is 1. The second kappa shape index (κ2) is 5.81. The molecule has 2 aromatic carbocycles. The molecule has 4 nitrogen and oxygen atoms in total. The molecule has 4 heteroatoms. The van der Waals surface area contributed by atoms with Gasteiger partial charge in [-0.3, -0.25) is 4.79 Å². The third-order valence-corrected chi connectivity index (χ3v) is 3.49. The first-order valence-corrected chi connectivity index (χ1v) is 6.88. The molecule has 3 rings (SSSR count). The van der Waals surface area contributed by atoms with Crippen LogP contribution in [0.2, 0.25) is 0 Å². The Morgan fingerprint density at radius 2 is 1.86 bits per heavy atom. The van der Waals surface area contributed by atoms with E-state index in [0.29, 0.717) is 12.1 Å². The molecule has 0 unspecified atom stereocenters. The van der Waals surface area contributed by atoms with Crippen LogP contribution in [0.5, 0.6) is 0 Å². The first-order valence-electron chi connectivity index (χ1n) is 6.88. The minimum absolute atomic E-state index is 0.394. The number of amides is 1. The maximum atomic E-state index is 11.1. The lowest BCUT2D eigenvalue weighted by Gasteiger charge is -2.06. The Morgan fingerprint density at radius 1 is 1.05 bits per heavy atom. The number of carbonyl (C=O) groups is 1. The van der Waals surface area contributed by atoms with Crippen LogP contribution in [0.25, 0.3) is 10.9 Å². The van der Waals surface area contributed by atoms with E-state index in [9.17, 15) is 4.79 Å². The maximum Gasteiger partial charge on any atom is 0.248 e. The van der Waals surface area contributed by atoms with Crippen LogP contribution in [-0.2, 0) is 13.1 Å². The molecule has 0 saturated carbocycles. The van der Waals surface area contributed by atoms with Gasteiger partial charge < -0.3 is 16.0 Å². The summed E-state index contributed by atoms with van der Waals surface area (Å²) in [6.45, 7) is 1.47. The average Bonchev–Trinajstić information content (AvgIpc) is 2.95. The highest BCUT2D eigenvalue weighted by Gasteiger charge is 2.01. The molecule has 1 aromatic heterocycles. The molecule has 0 aliphatic carbocycles. The van der Waals surface area contributed by atoms with Crippen molar-refractivity contribution in [2.24, 2.45) is 5.73 Å². The van der Waals surface area contributed by atoms with Crippen molar-refractivity contribution >= 4 is 16.8 Å². The number of nitrogens with two attached hydrogens (primary N) is 1. The largest absolute Gasteiger partial charge is 0.366 e. The third kappa shape index (κ3) is 3.12. The van der Waals surface area contributed by atoms with Gasteiger partial charge in [0.1, 0.15) is 0 Å². The number of carbonyl (C=O) groups excluding carboxylic acids is 1. The van der Waals surface area contributed by atoms with Crippen LogP contribution >= 0.6 is 0 Å². The Hall–Kier alpha value is -2.59. The van der Waals surface area contributed by atoms with Crippen molar-refractivity contribution in [1.29, 1.82) is 0 Å². The van der Waals surface area contributed by atoms with Crippen molar-refractivity contribution in [3.05, 3.63) is 71.4 Å². The van der Waals surface area contributed by atoms with Crippen LogP contribution in [-0.4, -0.2) is 10.9 Å². The highest BCUT2D eigenvalue weighted by atomic mass is 16.1. The van der Waals surface area contributed by atoms with Gasteiger partial charge in [-0.15, -0.1) is 0 Å². The first-order chi connectivity index (χ1) is 10.2. The van der Waals surface area contributed by atoms with E-state index < -0.39 is 5.91 Å². The van der Waals surface area contributed by atoms with Crippen molar-refractivity contribution in [1.82, 2.24) is 10.3 Å². The smallest absolute Gasteiger partial charge is 0.248 e. The van der Waals surface area contributed by atoms with Gasteiger partial charge in [0.15, 0.2) is 0 Å². The van der Waals surface area contributed by atoms with Crippen LogP contribution in [0.1, 0.15) is 21.5 Å². The topological polar surface area (TPSA) is 70.9 Å². The third-order valence-electron chi connectivity index (χ3n) is 3.49. The Morgan fingerprint density at radius 3 is 2.67 bits per heavy atom. The molecule has 0 fully saturated rings.